The zero-order valence-electron chi connectivity index (χ0n) is 15.0. The van der Waals surface area contributed by atoms with Gasteiger partial charge in [-0.15, -0.1) is 0 Å². The second-order valence-electron chi connectivity index (χ2n) is 8.29. The van der Waals surface area contributed by atoms with Gasteiger partial charge in [0.15, 0.2) is 0 Å². The van der Waals surface area contributed by atoms with Crippen LogP contribution in [0, 0.1) is 38.5 Å². The van der Waals surface area contributed by atoms with Crippen LogP contribution in [-0.4, -0.2) is 0 Å². The van der Waals surface area contributed by atoms with Gasteiger partial charge >= 0.3 is 0 Å². The van der Waals surface area contributed by atoms with Gasteiger partial charge in [0, 0.05) is 5.41 Å². The van der Waals surface area contributed by atoms with E-state index in [4.69, 9.17) is 0 Å². The quantitative estimate of drug-likeness (QED) is 0.619. The molecule has 0 aromatic heterocycles. The summed E-state index contributed by atoms with van der Waals surface area (Å²) < 4.78 is 0. The highest BCUT2D eigenvalue weighted by Gasteiger charge is 2.56. The Morgan fingerprint density at radius 2 is 1.57 bits per heavy atom. The molecule has 0 bridgehead atoms. The minimum Gasteiger partial charge on any atom is -0.0619 e. The molecule has 0 saturated heterocycles. The van der Waals surface area contributed by atoms with Crippen molar-refractivity contribution in [2.75, 3.05) is 0 Å². The highest BCUT2D eigenvalue weighted by molar-refractivity contribution is 5.55. The van der Waals surface area contributed by atoms with E-state index in [1.54, 1.807) is 16.7 Å². The zero-order chi connectivity index (χ0) is 15.5. The maximum Gasteiger partial charge on any atom is 0.00360 e. The van der Waals surface area contributed by atoms with E-state index < -0.39 is 0 Å². The third-order valence-corrected chi connectivity index (χ3v) is 7.09. The first-order valence-corrected chi connectivity index (χ1v) is 8.94. The maximum atomic E-state index is 2.57. The first-order chi connectivity index (χ1) is 9.83. The Bertz CT molecular complexity index is 554. The monoisotopic (exact) mass is 284 g/mol. The molecule has 1 saturated carbocycles. The van der Waals surface area contributed by atoms with E-state index in [9.17, 15) is 0 Å². The fraction of sp³-hybridized carbons (Fsp3) is 0.714. The van der Waals surface area contributed by atoms with Crippen molar-refractivity contribution in [3.05, 3.63) is 33.9 Å². The summed E-state index contributed by atoms with van der Waals surface area (Å²) in [6.07, 6.45) is 4.29. The minimum atomic E-state index is 0.402. The van der Waals surface area contributed by atoms with Crippen LogP contribution in [0.1, 0.15) is 80.7 Å². The fourth-order valence-electron chi connectivity index (χ4n) is 6.16. The Kier molecular flexibility index (Phi) is 3.50. The van der Waals surface area contributed by atoms with Gasteiger partial charge < -0.3 is 0 Å². The molecule has 2 aliphatic carbocycles. The minimum absolute atomic E-state index is 0.402. The van der Waals surface area contributed by atoms with Crippen LogP contribution >= 0.6 is 0 Å². The van der Waals surface area contributed by atoms with E-state index >= 15 is 0 Å². The van der Waals surface area contributed by atoms with Crippen LogP contribution in [0.15, 0.2) is 6.07 Å². The predicted octanol–water partition coefficient (Wildman–Crippen LogP) is 6.06. The highest BCUT2D eigenvalue weighted by atomic mass is 14.6. The largest absolute Gasteiger partial charge is 0.0619 e. The van der Waals surface area contributed by atoms with E-state index in [1.807, 2.05) is 0 Å². The standard InChI is InChI=1S/C21H32/c1-12(2)21(13(3)4)18-10-8-9-17(18)20-16(7)15(6)14(5)11-19(20)21/h11-13,17-18H,8-10H2,1-7H3. The third kappa shape index (κ3) is 1.74. The third-order valence-electron chi connectivity index (χ3n) is 7.09. The van der Waals surface area contributed by atoms with Crippen LogP contribution < -0.4 is 0 Å². The lowest BCUT2D eigenvalue weighted by Crippen LogP contribution is -2.42. The maximum absolute atomic E-state index is 2.57. The molecule has 0 aliphatic heterocycles. The Morgan fingerprint density at radius 1 is 0.952 bits per heavy atom. The molecule has 0 heteroatoms. The molecule has 0 amide bonds. The van der Waals surface area contributed by atoms with Crippen molar-refractivity contribution < 1.29 is 0 Å². The molecular formula is C21H32. The summed E-state index contributed by atoms with van der Waals surface area (Å²) in [4.78, 5) is 0. The van der Waals surface area contributed by atoms with Gasteiger partial charge in [-0.1, -0.05) is 40.2 Å². The fourth-order valence-corrected chi connectivity index (χ4v) is 6.16. The van der Waals surface area contributed by atoms with Gasteiger partial charge in [0.25, 0.3) is 0 Å². The first kappa shape index (κ1) is 15.1. The van der Waals surface area contributed by atoms with E-state index in [-0.39, 0.29) is 0 Å². The predicted molar refractivity (Wildman–Crippen MR) is 92.1 cm³/mol. The molecule has 3 rings (SSSR count). The van der Waals surface area contributed by atoms with E-state index in [0.717, 1.165) is 23.7 Å². The van der Waals surface area contributed by atoms with Crippen molar-refractivity contribution in [3.8, 4) is 0 Å². The van der Waals surface area contributed by atoms with Crippen molar-refractivity contribution in [3.63, 3.8) is 0 Å². The number of rotatable bonds is 2. The van der Waals surface area contributed by atoms with E-state index in [0.29, 0.717) is 5.41 Å². The summed E-state index contributed by atoms with van der Waals surface area (Å²) in [6, 6.07) is 2.57. The molecule has 0 radical (unpaired) electrons. The Hall–Kier alpha value is -0.780. The van der Waals surface area contributed by atoms with Crippen LogP contribution in [0.3, 0.4) is 0 Å². The second-order valence-corrected chi connectivity index (χ2v) is 8.29. The summed E-state index contributed by atoms with van der Waals surface area (Å²) in [5.41, 5.74) is 8.51. The number of fused-ring (bicyclic) bond motifs is 3. The van der Waals surface area contributed by atoms with Gasteiger partial charge in [0.05, 0.1) is 0 Å². The van der Waals surface area contributed by atoms with Crippen LogP contribution in [0.25, 0.3) is 0 Å². The Balaban J connectivity index is 2.35. The summed E-state index contributed by atoms with van der Waals surface area (Å²) in [5, 5.41) is 0. The molecule has 1 aromatic carbocycles. The van der Waals surface area contributed by atoms with Gasteiger partial charge in [-0.05, 0) is 85.1 Å². The molecule has 0 nitrogen and oxygen atoms in total. The van der Waals surface area contributed by atoms with Crippen LogP contribution in [0.4, 0.5) is 0 Å². The summed E-state index contributed by atoms with van der Waals surface area (Å²) in [5.74, 6) is 3.17. The molecule has 0 N–H and O–H groups in total. The highest BCUT2D eigenvalue weighted by Crippen LogP contribution is 2.64. The van der Waals surface area contributed by atoms with E-state index in [2.05, 4.69) is 54.5 Å². The molecular weight excluding hydrogens is 252 g/mol. The normalized spacial score (nSPS) is 26.5. The Morgan fingerprint density at radius 3 is 2.14 bits per heavy atom. The molecule has 0 spiro atoms. The average molecular weight is 284 g/mol. The zero-order valence-corrected chi connectivity index (χ0v) is 15.0. The van der Waals surface area contributed by atoms with Crippen molar-refractivity contribution in [1.82, 2.24) is 0 Å². The SMILES string of the molecule is Cc1cc2c(c(C)c1C)C1CCCC1C2(C(C)C)C(C)C. The number of aryl methyl sites for hydroxylation is 1. The lowest BCUT2D eigenvalue weighted by Gasteiger charge is -2.44. The lowest BCUT2D eigenvalue weighted by molar-refractivity contribution is 0.138. The van der Waals surface area contributed by atoms with Crippen molar-refractivity contribution in [2.24, 2.45) is 17.8 Å². The number of hydrogen-bond acceptors (Lipinski definition) is 0. The molecule has 1 fully saturated rings. The molecule has 1 aromatic rings. The van der Waals surface area contributed by atoms with Gasteiger partial charge in [-0.2, -0.15) is 0 Å². The molecule has 2 aliphatic rings. The van der Waals surface area contributed by atoms with Crippen molar-refractivity contribution in [2.45, 2.75) is 79.1 Å². The van der Waals surface area contributed by atoms with Gasteiger partial charge in [-0.25, -0.2) is 0 Å². The molecule has 2 atom stereocenters. The summed E-state index contributed by atoms with van der Waals surface area (Å²) >= 11 is 0. The van der Waals surface area contributed by atoms with Crippen LogP contribution in [-0.2, 0) is 5.41 Å². The molecule has 21 heavy (non-hydrogen) atoms. The summed E-state index contributed by atoms with van der Waals surface area (Å²) in [7, 11) is 0. The number of hydrogen-bond donors (Lipinski definition) is 0. The Labute approximate surface area is 131 Å². The van der Waals surface area contributed by atoms with Crippen molar-refractivity contribution >= 4 is 0 Å². The van der Waals surface area contributed by atoms with Gasteiger partial charge in [0.2, 0.25) is 0 Å². The molecule has 0 heterocycles. The smallest absolute Gasteiger partial charge is 0.00360 e. The van der Waals surface area contributed by atoms with Crippen LogP contribution in [0.2, 0.25) is 0 Å². The van der Waals surface area contributed by atoms with E-state index in [1.165, 1.54) is 30.4 Å². The number of benzene rings is 1. The van der Waals surface area contributed by atoms with Gasteiger partial charge in [0.1, 0.15) is 0 Å². The first-order valence-electron chi connectivity index (χ1n) is 8.94. The lowest BCUT2D eigenvalue weighted by atomic mass is 9.59. The summed E-state index contributed by atoms with van der Waals surface area (Å²) in [6.45, 7) is 16.9. The van der Waals surface area contributed by atoms with Crippen molar-refractivity contribution in [1.29, 1.82) is 0 Å². The van der Waals surface area contributed by atoms with Gasteiger partial charge in [-0.3, -0.25) is 0 Å². The molecule has 116 valence electrons. The topological polar surface area (TPSA) is 0 Å². The second kappa shape index (κ2) is 4.86. The average Bonchev–Trinajstić information content (AvgIpc) is 2.94. The van der Waals surface area contributed by atoms with Crippen LogP contribution in [0.5, 0.6) is 0 Å². The molecule has 2 unspecified atom stereocenters.